The lowest BCUT2D eigenvalue weighted by Crippen LogP contribution is -2.53. The summed E-state index contributed by atoms with van der Waals surface area (Å²) < 4.78 is 50.2. The van der Waals surface area contributed by atoms with Crippen LogP contribution < -0.4 is 19.9 Å². The van der Waals surface area contributed by atoms with E-state index in [0.717, 1.165) is 33.4 Å². The predicted molar refractivity (Wildman–Crippen MR) is 253 cm³/mol. The molecular formula is C54H51N2O10P. The Morgan fingerprint density at radius 1 is 0.418 bits per heavy atom. The molecule has 0 aliphatic rings. The van der Waals surface area contributed by atoms with E-state index in [1.54, 1.807) is 18.2 Å². The Kier molecular flexibility index (Phi) is 17.5. The van der Waals surface area contributed by atoms with Gasteiger partial charge >= 0.3 is 19.9 Å². The van der Waals surface area contributed by atoms with E-state index in [-0.39, 0.29) is 57.4 Å². The van der Waals surface area contributed by atoms with E-state index >= 15 is 0 Å². The van der Waals surface area contributed by atoms with Crippen LogP contribution in [-0.4, -0.2) is 30.1 Å². The SMILES string of the molecule is O=C(N[C@@H](Cc1ccc(OP(=O)(OCc2ccccc2)OCc2ccccc2)c(OCc2ccccc2)c1)C(=O)N[C@@H](Cc1ccccc1)C(=O)OCc1ccccc1)OCc1ccccc1. The second-order valence-corrected chi connectivity index (χ2v) is 17.0. The van der Waals surface area contributed by atoms with Gasteiger partial charge in [-0.1, -0.05) is 188 Å². The summed E-state index contributed by atoms with van der Waals surface area (Å²) in [5, 5.41) is 5.56. The number of alkyl carbamates (subject to hydrolysis) is 1. The van der Waals surface area contributed by atoms with Crippen LogP contribution in [0.25, 0.3) is 0 Å². The lowest BCUT2D eigenvalue weighted by molar-refractivity contribution is -0.149. The molecule has 342 valence electrons. The van der Waals surface area contributed by atoms with Gasteiger partial charge in [-0.05, 0) is 51.1 Å². The fourth-order valence-corrected chi connectivity index (χ4v) is 7.95. The van der Waals surface area contributed by atoms with Crippen molar-refractivity contribution >= 4 is 25.8 Å². The van der Waals surface area contributed by atoms with Crippen LogP contribution in [0, 0.1) is 0 Å². The van der Waals surface area contributed by atoms with Crippen molar-refractivity contribution in [3.63, 3.8) is 0 Å². The Morgan fingerprint density at radius 2 is 0.836 bits per heavy atom. The highest BCUT2D eigenvalue weighted by molar-refractivity contribution is 7.48. The minimum absolute atomic E-state index is 0.00394. The number of hydrogen-bond acceptors (Lipinski definition) is 10. The molecule has 0 saturated carbocycles. The molecule has 0 aliphatic heterocycles. The summed E-state index contributed by atoms with van der Waals surface area (Å²) >= 11 is 0. The molecule has 0 saturated heterocycles. The number of ether oxygens (including phenoxy) is 3. The third-order valence-corrected chi connectivity index (χ3v) is 11.6. The summed E-state index contributed by atoms with van der Waals surface area (Å²) in [6.07, 6.45) is -0.839. The van der Waals surface area contributed by atoms with Crippen LogP contribution in [0.15, 0.2) is 200 Å². The molecular weight excluding hydrogens is 868 g/mol. The van der Waals surface area contributed by atoms with Gasteiger partial charge in [0, 0.05) is 12.8 Å². The fourth-order valence-electron chi connectivity index (χ4n) is 6.77. The molecule has 13 heteroatoms. The maximum atomic E-state index is 14.5. The highest BCUT2D eigenvalue weighted by Gasteiger charge is 2.32. The molecule has 67 heavy (non-hydrogen) atoms. The minimum atomic E-state index is -4.35. The van der Waals surface area contributed by atoms with Crippen molar-refractivity contribution < 1.29 is 46.7 Å². The Morgan fingerprint density at radius 3 is 1.33 bits per heavy atom. The zero-order chi connectivity index (χ0) is 46.5. The molecule has 0 unspecified atom stereocenters. The molecule has 12 nitrogen and oxygen atoms in total. The molecule has 0 bridgehead atoms. The van der Waals surface area contributed by atoms with Crippen LogP contribution in [0.3, 0.4) is 0 Å². The van der Waals surface area contributed by atoms with E-state index in [0.29, 0.717) is 5.56 Å². The van der Waals surface area contributed by atoms with Crippen LogP contribution in [0.4, 0.5) is 4.79 Å². The average molecular weight is 919 g/mol. The van der Waals surface area contributed by atoms with Gasteiger partial charge < -0.3 is 29.4 Å². The van der Waals surface area contributed by atoms with E-state index in [1.165, 1.54) is 0 Å². The topological polar surface area (TPSA) is 148 Å². The number of carbonyl (C=O) groups excluding carboxylic acids is 3. The molecule has 0 heterocycles. The molecule has 0 spiro atoms. The van der Waals surface area contributed by atoms with Gasteiger partial charge in [0.05, 0.1) is 13.2 Å². The molecule has 2 atom stereocenters. The molecule has 0 aliphatic carbocycles. The van der Waals surface area contributed by atoms with Crippen molar-refractivity contribution in [3.8, 4) is 11.5 Å². The standard InChI is InChI=1S/C54H51N2O10P/c57-52(55-49(33-41-19-7-1-8-20-41)53(58)62-37-43-23-11-3-12-24-43)48(56-54(59)63-38-44-25-13-4-14-26-44)34-47-31-32-50(51(35-47)61-36-42-21-9-2-10-22-42)66-67(60,64-39-45-27-15-5-16-28-45)65-40-46-29-17-6-18-30-46/h1-32,35,48-49H,33-34,36-40H2,(H,55,57)(H,56,59)/t48-,49-/m0/s1. The van der Waals surface area contributed by atoms with Crippen LogP contribution in [0.2, 0.25) is 0 Å². The summed E-state index contributed by atoms with van der Waals surface area (Å²) in [5.74, 6) is -1.12. The lowest BCUT2D eigenvalue weighted by Gasteiger charge is -2.24. The third kappa shape index (κ3) is 15.6. The molecule has 0 aromatic heterocycles. The zero-order valence-electron chi connectivity index (χ0n) is 36.7. The third-order valence-electron chi connectivity index (χ3n) is 10.3. The van der Waals surface area contributed by atoms with Crippen molar-refractivity contribution in [2.75, 3.05) is 0 Å². The average Bonchev–Trinajstić information content (AvgIpc) is 3.37. The van der Waals surface area contributed by atoms with Gasteiger partial charge in [-0.15, -0.1) is 0 Å². The van der Waals surface area contributed by atoms with E-state index in [4.69, 9.17) is 27.8 Å². The molecule has 7 aromatic rings. The number of phosphoric ester groups is 1. The van der Waals surface area contributed by atoms with Gasteiger partial charge in [0.15, 0.2) is 11.5 Å². The Bertz CT molecular complexity index is 2610. The zero-order valence-corrected chi connectivity index (χ0v) is 37.6. The molecule has 2 amide bonds. The van der Waals surface area contributed by atoms with Crippen molar-refractivity contribution in [2.45, 2.75) is 58.0 Å². The first-order valence-corrected chi connectivity index (χ1v) is 23.2. The van der Waals surface area contributed by atoms with Crippen LogP contribution in [0.5, 0.6) is 11.5 Å². The number of benzene rings is 7. The van der Waals surface area contributed by atoms with Crippen molar-refractivity contribution in [3.05, 3.63) is 239 Å². The first-order chi connectivity index (χ1) is 32.8. The van der Waals surface area contributed by atoms with E-state index in [1.807, 2.05) is 182 Å². The number of rotatable bonds is 23. The molecule has 0 radical (unpaired) electrons. The highest BCUT2D eigenvalue weighted by atomic mass is 31.2. The minimum Gasteiger partial charge on any atom is -0.485 e. The number of esters is 1. The predicted octanol–water partition coefficient (Wildman–Crippen LogP) is 10.5. The smallest absolute Gasteiger partial charge is 0.485 e. The highest BCUT2D eigenvalue weighted by Crippen LogP contribution is 2.53. The number of hydrogen-bond donors (Lipinski definition) is 2. The van der Waals surface area contributed by atoms with Gasteiger partial charge in [-0.3, -0.25) is 13.8 Å². The Hall–Kier alpha value is -7.50. The van der Waals surface area contributed by atoms with E-state index < -0.39 is 37.9 Å². The van der Waals surface area contributed by atoms with Gasteiger partial charge in [0.2, 0.25) is 5.91 Å². The number of carbonyl (C=O) groups is 3. The Labute approximate surface area is 390 Å². The lowest BCUT2D eigenvalue weighted by atomic mass is 10.0. The van der Waals surface area contributed by atoms with Crippen molar-refractivity contribution in [1.82, 2.24) is 10.6 Å². The monoisotopic (exact) mass is 918 g/mol. The Balaban J connectivity index is 1.17. The molecule has 2 N–H and O–H groups in total. The quantitative estimate of drug-likeness (QED) is 0.0469. The molecule has 7 rings (SSSR count). The summed E-state index contributed by atoms with van der Waals surface area (Å²) in [7, 11) is -4.35. The normalized spacial score (nSPS) is 11.9. The van der Waals surface area contributed by atoms with Gasteiger partial charge in [-0.25, -0.2) is 14.2 Å². The number of phosphoric acid groups is 1. The van der Waals surface area contributed by atoms with Gasteiger partial charge in [-0.2, -0.15) is 0 Å². The number of amides is 2. The second kappa shape index (κ2) is 24.7. The van der Waals surface area contributed by atoms with Crippen molar-refractivity contribution in [1.29, 1.82) is 0 Å². The van der Waals surface area contributed by atoms with Crippen molar-refractivity contribution in [2.24, 2.45) is 0 Å². The van der Waals surface area contributed by atoms with Gasteiger partial charge in [0.1, 0.15) is 31.9 Å². The summed E-state index contributed by atoms with van der Waals surface area (Å²) in [6.45, 7) is -0.0964. The largest absolute Gasteiger partial charge is 0.530 e. The fraction of sp³-hybridized carbons (Fsp3) is 0.167. The second-order valence-electron chi connectivity index (χ2n) is 15.4. The maximum absolute atomic E-state index is 14.5. The summed E-state index contributed by atoms with van der Waals surface area (Å²) in [6, 6.07) is 57.9. The first kappa shape index (κ1) is 47.5. The van der Waals surface area contributed by atoms with Crippen LogP contribution >= 0.6 is 7.82 Å². The van der Waals surface area contributed by atoms with E-state index in [9.17, 15) is 18.9 Å². The summed E-state index contributed by atoms with van der Waals surface area (Å²) in [4.78, 5) is 41.6. The molecule has 7 aromatic carbocycles. The maximum Gasteiger partial charge on any atom is 0.530 e. The van der Waals surface area contributed by atoms with Gasteiger partial charge in [0.25, 0.3) is 0 Å². The summed E-state index contributed by atoms with van der Waals surface area (Å²) in [5.41, 5.74) is 5.16. The van der Waals surface area contributed by atoms with E-state index in [2.05, 4.69) is 10.6 Å². The van der Waals surface area contributed by atoms with Crippen LogP contribution in [-0.2, 0) is 78.6 Å². The molecule has 0 fully saturated rings. The van der Waals surface area contributed by atoms with Crippen LogP contribution in [0.1, 0.15) is 38.9 Å². The number of nitrogens with one attached hydrogen (secondary N) is 2. The first-order valence-electron chi connectivity index (χ1n) is 21.8.